The van der Waals surface area contributed by atoms with E-state index in [1.807, 2.05) is 24.3 Å². The number of hydrogen-bond donors (Lipinski definition) is 3. The Morgan fingerprint density at radius 1 is 1.33 bits per heavy atom. The summed E-state index contributed by atoms with van der Waals surface area (Å²) >= 11 is 0. The molecule has 0 saturated heterocycles. The topological polar surface area (TPSA) is 65.9 Å². The van der Waals surface area contributed by atoms with Crippen LogP contribution in [0.5, 0.6) is 5.75 Å². The summed E-state index contributed by atoms with van der Waals surface area (Å²) in [4.78, 5) is 4.56. The first-order valence-corrected chi connectivity index (χ1v) is 8.99. The molecule has 0 aliphatic heterocycles. The molecule has 0 heterocycles. The van der Waals surface area contributed by atoms with E-state index in [-0.39, 0.29) is 0 Å². The molecular weight excluding hydrogens is 302 g/mol. The number of hydrogen-bond acceptors (Lipinski definition) is 3. The van der Waals surface area contributed by atoms with Gasteiger partial charge in [0.05, 0.1) is 19.8 Å². The summed E-state index contributed by atoms with van der Waals surface area (Å²) < 4.78 is 5.21. The standard InChI is InChI=1S/C19H31N3O2/c1-4-20-19(22-16-10-8-14(2)9-11-16)21-13-18(23)15-6-5-7-17(12-15)24-3/h5-7,12,14,16,18,23H,4,8-11,13H2,1-3H3,(H2,20,21,22). The summed E-state index contributed by atoms with van der Waals surface area (Å²) in [5.41, 5.74) is 0.820. The number of rotatable bonds is 6. The van der Waals surface area contributed by atoms with Crippen LogP contribution in [0.2, 0.25) is 0 Å². The predicted octanol–water partition coefficient (Wildman–Crippen LogP) is 2.86. The fourth-order valence-electron chi connectivity index (χ4n) is 3.05. The lowest BCUT2D eigenvalue weighted by Crippen LogP contribution is -2.45. The smallest absolute Gasteiger partial charge is 0.191 e. The molecule has 24 heavy (non-hydrogen) atoms. The zero-order chi connectivity index (χ0) is 17.4. The number of aliphatic hydroxyl groups is 1. The highest BCUT2D eigenvalue weighted by Gasteiger charge is 2.19. The van der Waals surface area contributed by atoms with Crippen molar-refractivity contribution in [3.8, 4) is 5.75 Å². The number of methoxy groups -OCH3 is 1. The van der Waals surface area contributed by atoms with Crippen LogP contribution in [0.15, 0.2) is 29.3 Å². The van der Waals surface area contributed by atoms with Gasteiger partial charge in [0.15, 0.2) is 5.96 Å². The maximum atomic E-state index is 10.4. The van der Waals surface area contributed by atoms with E-state index in [1.54, 1.807) is 7.11 Å². The van der Waals surface area contributed by atoms with Gasteiger partial charge in [-0.25, -0.2) is 0 Å². The van der Waals surface area contributed by atoms with Crippen molar-refractivity contribution in [2.75, 3.05) is 20.2 Å². The number of nitrogens with one attached hydrogen (secondary N) is 2. The number of ether oxygens (including phenoxy) is 1. The lowest BCUT2D eigenvalue weighted by Gasteiger charge is -2.28. The molecule has 1 fully saturated rings. The Bertz CT molecular complexity index is 525. The van der Waals surface area contributed by atoms with Gasteiger partial charge in [0, 0.05) is 12.6 Å². The van der Waals surface area contributed by atoms with Crippen LogP contribution in [-0.4, -0.2) is 37.3 Å². The van der Waals surface area contributed by atoms with E-state index in [0.717, 1.165) is 29.7 Å². The molecule has 0 amide bonds. The Labute approximate surface area is 145 Å². The van der Waals surface area contributed by atoms with E-state index in [9.17, 15) is 5.11 Å². The predicted molar refractivity (Wildman–Crippen MR) is 98.5 cm³/mol. The van der Waals surface area contributed by atoms with Crippen LogP contribution < -0.4 is 15.4 Å². The van der Waals surface area contributed by atoms with Gasteiger partial charge in [-0.1, -0.05) is 19.1 Å². The fraction of sp³-hybridized carbons (Fsp3) is 0.632. The number of benzene rings is 1. The Morgan fingerprint density at radius 3 is 2.75 bits per heavy atom. The first kappa shape index (κ1) is 18.6. The van der Waals surface area contributed by atoms with Crippen LogP contribution in [0.4, 0.5) is 0 Å². The lowest BCUT2D eigenvalue weighted by atomic mass is 9.87. The Kier molecular flexibility index (Phi) is 7.37. The van der Waals surface area contributed by atoms with E-state index in [1.165, 1.54) is 25.7 Å². The molecule has 2 rings (SSSR count). The van der Waals surface area contributed by atoms with Gasteiger partial charge in [0.25, 0.3) is 0 Å². The maximum absolute atomic E-state index is 10.4. The fourth-order valence-corrected chi connectivity index (χ4v) is 3.05. The van der Waals surface area contributed by atoms with Crippen LogP contribution in [0.25, 0.3) is 0 Å². The van der Waals surface area contributed by atoms with E-state index >= 15 is 0 Å². The third kappa shape index (κ3) is 5.71. The second kappa shape index (κ2) is 9.52. The second-order valence-electron chi connectivity index (χ2n) is 6.61. The first-order chi connectivity index (χ1) is 11.6. The van der Waals surface area contributed by atoms with Crippen molar-refractivity contribution in [3.63, 3.8) is 0 Å². The van der Waals surface area contributed by atoms with Gasteiger partial charge in [0.1, 0.15) is 5.75 Å². The average Bonchev–Trinajstić information content (AvgIpc) is 2.61. The first-order valence-electron chi connectivity index (χ1n) is 8.99. The molecule has 1 aromatic rings. The molecule has 0 aromatic heterocycles. The zero-order valence-electron chi connectivity index (χ0n) is 15.1. The molecule has 1 saturated carbocycles. The molecule has 5 heteroatoms. The minimum absolute atomic E-state index is 0.325. The van der Waals surface area contributed by atoms with Crippen molar-refractivity contribution >= 4 is 5.96 Å². The molecule has 5 nitrogen and oxygen atoms in total. The van der Waals surface area contributed by atoms with E-state index in [0.29, 0.717) is 12.6 Å². The molecule has 1 atom stereocenters. The SMILES string of the molecule is CCNC(=NCC(O)c1cccc(OC)c1)NC1CCC(C)CC1. The van der Waals surface area contributed by atoms with E-state index in [4.69, 9.17) is 4.74 Å². The Hall–Kier alpha value is -1.75. The van der Waals surface area contributed by atoms with Gasteiger partial charge in [-0.2, -0.15) is 0 Å². The number of aliphatic imine (C=N–C) groups is 1. The molecule has 1 aromatic carbocycles. The Morgan fingerprint density at radius 2 is 2.08 bits per heavy atom. The van der Waals surface area contributed by atoms with Gasteiger partial charge < -0.3 is 20.5 Å². The minimum atomic E-state index is -0.637. The summed E-state index contributed by atoms with van der Waals surface area (Å²) in [5, 5.41) is 17.2. The summed E-state index contributed by atoms with van der Waals surface area (Å²) in [6.45, 7) is 5.51. The van der Waals surface area contributed by atoms with Crippen molar-refractivity contribution in [2.24, 2.45) is 10.9 Å². The molecule has 1 unspecified atom stereocenters. The minimum Gasteiger partial charge on any atom is -0.497 e. The highest BCUT2D eigenvalue weighted by Crippen LogP contribution is 2.23. The van der Waals surface area contributed by atoms with Crippen molar-refractivity contribution in [1.82, 2.24) is 10.6 Å². The zero-order valence-corrected chi connectivity index (χ0v) is 15.1. The molecule has 0 bridgehead atoms. The van der Waals surface area contributed by atoms with Crippen molar-refractivity contribution < 1.29 is 9.84 Å². The van der Waals surface area contributed by atoms with Crippen molar-refractivity contribution in [3.05, 3.63) is 29.8 Å². The van der Waals surface area contributed by atoms with E-state index < -0.39 is 6.10 Å². The molecule has 1 aliphatic rings. The van der Waals surface area contributed by atoms with Crippen LogP contribution in [0.3, 0.4) is 0 Å². The van der Waals surface area contributed by atoms with Crippen LogP contribution in [0.1, 0.15) is 51.2 Å². The molecular formula is C19H31N3O2. The van der Waals surface area contributed by atoms with E-state index in [2.05, 4.69) is 29.5 Å². The monoisotopic (exact) mass is 333 g/mol. The number of guanidine groups is 1. The van der Waals surface area contributed by atoms with Gasteiger partial charge in [-0.05, 0) is 56.2 Å². The van der Waals surface area contributed by atoms with Gasteiger partial charge in [-0.3, -0.25) is 4.99 Å². The largest absolute Gasteiger partial charge is 0.497 e. The quantitative estimate of drug-likeness (QED) is 0.553. The van der Waals surface area contributed by atoms with Crippen molar-refractivity contribution in [2.45, 2.75) is 51.7 Å². The van der Waals surface area contributed by atoms with Gasteiger partial charge in [0.2, 0.25) is 0 Å². The third-order valence-electron chi connectivity index (χ3n) is 4.60. The van der Waals surface area contributed by atoms with Gasteiger partial charge in [-0.15, -0.1) is 0 Å². The van der Waals surface area contributed by atoms with Crippen LogP contribution in [-0.2, 0) is 0 Å². The molecule has 3 N–H and O–H groups in total. The summed E-state index contributed by atoms with van der Waals surface area (Å²) in [5.74, 6) is 2.37. The number of aliphatic hydroxyl groups excluding tert-OH is 1. The molecule has 1 aliphatic carbocycles. The summed E-state index contributed by atoms with van der Waals surface area (Å²) in [6.07, 6.45) is 4.27. The van der Waals surface area contributed by atoms with Crippen LogP contribution in [0, 0.1) is 5.92 Å². The number of nitrogens with zero attached hydrogens (tertiary/aromatic N) is 1. The molecule has 0 spiro atoms. The molecule has 134 valence electrons. The highest BCUT2D eigenvalue weighted by molar-refractivity contribution is 5.80. The maximum Gasteiger partial charge on any atom is 0.191 e. The summed E-state index contributed by atoms with van der Waals surface area (Å²) in [6, 6.07) is 7.98. The highest BCUT2D eigenvalue weighted by atomic mass is 16.5. The molecule has 0 radical (unpaired) electrons. The second-order valence-corrected chi connectivity index (χ2v) is 6.61. The van der Waals surface area contributed by atoms with Gasteiger partial charge >= 0.3 is 0 Å². The lowest BCUT2D eigenvalue weighted by molar-refractivity contribution is 0.186. The van der Waals surface area contributed by atoms with Crippen LogP contribution >= 0.6 is 0 Å². The summed E-state index contributed by atoms with van der Waals surface area (Å²) in [7, 11) is 1.63. The third-order valence-corrected chi connectivity index (χ3v) is 4.60. The average molecular weight is 333 g/mol. The van der Waals surface area contributed by atoms with Crippen molar-refractivity contribution in [1.29, 1.82) is 0 Å². The normalized spacial score (nSPS) is 22.8. The Balaban J connectivity index is 1.93.